The molecule has 0 heteroatoms. The number of hydrogen-bond donors (Lipinski definition) is 0. The Labute approximate surface area is 204 Å². The molecule has 0 nitrogen and oxygen atoms in total. The summed E-state index contributed by atoms with van der Waals surface area (Å²) in [5.41, 5.74) is 4.21. The van der Waals surface area contributed by atoms with Crippen LogP contribution in [-0.2, 0) is 6.42 Å². The number of aryl methyl sites for hydroxylation is 1. The Kier molecular flexibility index (Phi) is 3.80. The molecule has 0 saturated carbocycles. The lowest BCUT2D eigenvalue weighted by Crippen LogP contribution is -1.91. The van der Waals surface area contributed by atoms with Crippen LogP contribution in [0.5, 0.6) is 0 Å². The van der Waals surface area contributed by atoms with Gasteiger partial charge in [-0.2, -0.15) is 0 Å². The monoisotopic (exact) mass is 444 g/mol. The van der Waals surface area contributed by atoms with E-state index in [0.29, 0.717) is 0 Å². The van der Waals surface area contributed by atoms with E-state index >= 15 is 0 Å². The zero-order valence-electron chi connectivity index (χ0n) is 19.7. The maximum atomic E-state index is 2.35. The average molecular weight is 445 g/mol. The molecule has 8 aromatic carbocycles. The van der Waals surface area contributed by atoms with Gasteiger partial charge in [-0.1, -0.05) is 116 Å². The van der Waals surface area contributed by atoms with Gasteiger partial charge in [-0.15, -0.1) is 0 Å². The van der Waals surface area contributed by atoms with Gasteiger partial charge in [0, 0.05) is 0 Å². The van der Waals surface area contributed by atoms with Crippen LogP contribution in [0.15, 0.2) is 103 Å². The molecule has 0 atom stereocenters. The summed E-state index contributed by atoms with van der Waals surface area (Å²) in [6, 6.07) is 38.4. The van der Waals surface area contributed by atoms with E-state index in [0.717, 1.165) is 12.8 Å². The van der Waals surface area contributed by atoms with Gasteiger partial charge in [-0.3, -0.25) is 0 Å². The number of hydrogen-bond acceptors (Lipinski definition) is 0. The fraction of sp³-hybridized carbons (Fsp3) is 0.0857. The Bertz CT molecular complexity index is 1910. The third-order valence-electron chi connectivity index (χ3n) is 8.05. The van der Waals surface area contributed by atoms with Gasteiger partial charge >= 0.3 is 0 Å². The van der Waals surface area contributed by atoms with Crippen LogP contribution in [0.4, 0.5) is 0 Å². The van der Waals surface area contributed by atoms with Gasteiger partial charge in [0.2, 0.25) is 0 Å². The Hall–Kier alpha value is -4.16. The molecule has 8 aromatic rings. The molecule has 0 saturated heterocycles. The van der Waals surface area contributed by atoms with Gasteiger partial charge in [0.05, 0.1) is 0 Å². The first-order valence-electron chi connectivity index (χ1n) is 12.7. The first-order chi connectivity index (χ1) is 17.4. The Morgan fingerprint density at radius 1 is 0.429 bits per heavy atom. The molecule has 0 amide bonds. The average Bonchev–Trinajstić information content (AvgIpc) is 3.42. The standard InChI is InChI=1S/C35H24/c1-2-10-24-32-25-17-6-13-21-15-8-19-27(29(21)25)34(32)31(23-11-4-3-5-12-23)35-28-20-9-16-22-14-7-18-26(30(22)28)33(24)35/h3-9,11-20H,2,10H2,1H3. The van der Waals surface area contributed by atoms with E-state index in [1.807, 2.05) is 0 Å². The van der Waals surface area contributed by atoms with Crippen LogP contribution in [0, 0.1) is 0 Å². The van der Waals surface area contributed by atoms with Crippen molar-refractivity contribution < 1.29 is 0 Å². The van der Waals surface area contributed by atoms with Crippen LogP contribution >= 0.6 is 0 Å². The Morgan fingerprint density at radius 2 is 0.886 bits per heavy atom. The summed E-state index contributed by atoms with van der Waals surface area (Å²) >= 11 is 0. The third kappa shape index (κ3) is 2.37. The normalized spacial score (nSPS) is 12.4. The van der Waals surface area contributed by atoms with E-state index in [1.165, 1.54) is 81.3 Å². The minimum atomic E-state index is 1.08. The van der Waals surface area contributed by atoms with E-state index < -0.39 is 0 Å². The maximum absolute atomic E-state index is 2.35. The molecule has 0 unspecified atom stereocenters. The summed E-state index contributed by atoms with van der Waals surface area (Å²) in [5.74, 6) is 0. The number of benzene rings is 6. The van der Waals surface area contributed by atoms with Gasteiger partial charge in [-0.05, 0) is 87.7 Å². The molecule has 0 bridgehead atoms. The second kappa shape index (κ2) is 6.93. The molecular formula is C35H24. The first-order valence-corrected chi connectivity index (χ1v) is 12.7. The highest BCUT2D eigenvalue weighted by molar-refractivity contribution is 6.43. The lowest BCUT2D eigenvalue weighted by atomic mass is 9.88. The fourth-order valence-electron chi connectivity index (χ4n) is 6.84. The minimum absolute atomic E-state index is 1.08. The van der Waals surface area contributed by atoms with Crippen LogP contribution in [0.2, 0.25) is 0 Å². The third-order valence-corrected chi connectivity index (χ3v) is 8.05. The smallest absolute Gasteiger partial charge is 0.00107 e. The fourth-order valence-corrected chi connectivity index (χ4v) is 6.84. The van der Waals surface area contributed by atoms with Crippen molar-refractivity contribution in [3.8, 4) is 11.1 Å². The zero-order valence-corrected chi connectivity index (χ0v) is 19.7. The van der Waals surface area contributed by atoms with E-state index in [-0.39, 0.29) is 0 Å². The van der Waals surface area contributed by atoms with Gasteiger partial charge < -0.3 is 0 Å². The maximum Gasteiger partial charge on any atom is -0.00107 e. The summed E-state index contributed by atoms with van der Waals surface area (Å²) in [4.78, 5) is 0. The van der Waals surface area contributed by atoms with Crippen LogP contribution in [0.1, 0.15) is 18.9 Å². The molecule has 0 radical (unpaired) electrons. The lowest BCUT2D eigenvalue weighted by Gasteiger charge is -2.14. The Morgan fingerprint density at radius 3 is 1.34 bits per heavy atom. The van der Waals surface area contributed by atoms with Crippen LogP contribution in [-0.4, -0.2) is 0 Å². The predicted molar refractivity (Wildman–Crippen MR) is 153 cm³/mol. The van der Waals surface area contributed by atoms with E-state index in [1.54, 1.807) is 0 Å². The molecule has 0 aromatic heterocycles. The summed E-state index contributed by atoms with van der Waals surface area (Å²) < 4.78 is 0. The topological polar surface area (TPSA) is 0 Å². The van der Waals surface area contributed by atoms with E-state index in [9.17, 15) is 0 Å². The predicted octanol–water partition coefficient (Wildman–Crippen LogP) is 10.1. The van der Waals surface area contributed by atoms with Crippen LogP contribution in [0.25, 0.3) is 75.8 Å². The second-order valence-corrected chi connectivity index (χ2v) is 9.89. The molecule has 0 aliphatic heterocycles. The molecule has 8 rings (SSSR count). The van der Waals surface area contributed by atoms with Crippen LogP contribution in [0.3, 0.4) is 0 Å². The van der Waals surface area contributed by atoms with Crippen molar-refractivity contribution in [1.29, 1.82) is 0 Å². The van der Waals surface area contributed by atoms with Crippen molar-refractivity contribution in [1.82, 2.24) is 0 Å². The van der Waals surface area contributed by atoms with Crippen molar-refractivity contribution >= 4 is 64.6 Å². The SMILES string of the molecule is CCCc1c2c3cccc4cccc(c2c(-c2ccccc2)c2c5cccc6cccc(c12)c65)c43. The largest absolute Gasteiger partial charge is 0.0651 e. The highest BCUT2D eigenvalue weighted by atomic mass is 14.3. The van der Waals surface area contributed by atoms with Crippen molar-refractivity contribution in [2.45, 2.75) is 19.8 Å². The highest BCUT2D eigenvalue weighted by Gasteiger charge is 2.25. The zero-order chi connectivity index (χ0) is 23.1. The first kappa shape index (κ1) is 19.2. The van der Waals surface area contributed by atoms with Gasteiger partial charge in [0.25, 0.3) is 0 Å². The summed E-state index contributed by atoms with van der Waals surface area (Å²) in [6.07, 6.45) is 2.21. The van der Waals surface area contributed by atoms with E-state index in [2.05, 4.69) is 110 Å². The van der Waals surface area contributed by atoms with E-state index in [4.69, 9.17) is 0 Å². The number of fused-ring (bicyclic) bond motifs is 6. The molecule has 164 valence electrons. The quantitative estimate of drug-likeness (QED) is 0.254. The summed E-state index contributed by atoms with van der Waals surface area (Å²) in [6.45, 7) is 2.31. The van der Waals surface area contributed by atoms with Crippen molar-refractivity contribution in [3.63, 3.8) is 0 Å². The second-order valence-electron chi connectivity index (χ2n) is 9.89. The minimum Gasteiger partial charge on any atom is -0.0651 e. The Balaban J connectivity index is 1.81. The van der Waals surface area contributed by atoms with Crippen molar-refractivity contribution in [3.05, 3.63) is 109 Å². The highest BCUT2D eigenvalue weighted by Crippen LogP contribution is 2.53. The van der Waals surface area contributed by atoms with Gasteiger partial charge in [0.1, 0.15) is 0 Å². The van der Waals surface area contributed by atoms with Gasteiger partial charge in [0.15, 0.2) is 0 Å². The summed E-state index contributed by atoms with van der Waals surface area (Å²) in [5, 5.41) is 16.8. The van der Waals surface area contributed by atoms with Crippen molar-refractivity contribution in [2.24, 2.45) is 0 Å². The molecule has 0 aliphatic carbocycles. The lowest BCUT2D eigenvalue weighted by molar-refractivity contribution is 0.938. The number of rotatable bonds is 3. The molecule has 0 aliphatic rings. The molecular weight excluding hydrogens is 420 g/mol. The molecule has 0 fully saturated rings. The van der Waals surface area contributed by atoms with Crippen LogP contribution < -0.4 is 0 Å². The molecule has 0 heterocycles. The van der Waals surface area contributed by atoms with Crippen molar-refractivity contribution in [2.75, 3.05) is 0 Å². The molecule has 0 spiro atoms. The summed E-state index contributed by atoms with van der Waals surface area (Å²) in [7, 11) is 0. The molecule has 0 N–H and O–H groups in total. The molecule has 35 heavy (non-hydrogen) atoms. The van der Waals surface area contributed by atoms with Gasteiger partial charge in [-0.25, -0.2) is 0 Å².